The van der Waals surface area contributed by atoms with E-state index in [2.05, 4.69) is 5.32 Å². The zero-order valence-corrected chi connectivity index (χ0v) is 15.5. The molecule has 1 N–H and O–H groups in total. The number of carbonyl (C=O) groups is 2. The molecule has 2 aliphatic rings. The molecule has 24 heavy (non-hydrogen) atoms. The number of unbranched alkanes of at least 4 members (excludes halogenated alkanes) is 4. The lowest BCUT2D eigenvalue weighted by Gasteiger charge is -2.20. The van der Waals surface area contributed by atoms with Crippen molar-refractivity contribution in [3.8, 4) is 0 Å². The van der Waals surface area contributed by atoms with Crippen molar-refractivity contribution in [2.24, 2.45) is 11.8 Å². The van der Waals surface area contributed by atoms with Crippen LogP contribution in [0.4, 0.5) is 0 Å². The molecule has 0 aromatic rings. The molecule has 0 bridgehead atoms. The number of ketones is 1. The fourth-order valence-corrected chi connectivity index (χ4v) is 4.30. The van der Waals surface area contributed by atoms with Gasteiger partial charge in [-0.05, 0) is 38.5 Å². The maximum absolute atomic E-state index is 12.1. The van der Waals surface area contributed by atoms with Crippen LogP contribution in [0.2, 0.25) is 0 Å². The highest BCUT2D eigenvalue weighted by Crippen LogP contribution is 2.26. The summed E-state index contributed by atoms with van der Waals surface area (Å²) in [5.41, 5.74) is 0. The number of carbonyl (C=O) groups excluding carboxylic acids is 2. The molecule has 1 amide bonds. The van der Waals surface area contributed by atoms with E-state index in [4.69, 9.17) is 0 Å². The van der Waals surface area contributed by atoms with Gasteiger partial charge in [-0.2, -0.15) is 0 Å². The van der Waals surface area contributed by atoms with E-state index < -0.39 is 0 Å². The minimum atomic E-state index is 0.282. The van der Waals surface area contributed by atoms with Crippen LogP contribution < -0.4 is 5.32 Å². The van der Waals surface area contributed by atoms with Crippen molar-refractivity contribution in [3.05, 3.63) is 0 Å². The Morgan fingerprint density at radius 3 is 1.88 bits per heavy atom. The Morgan fingerprint density at radius 2 is 1.21 bits per heavy atom. The van der Waals surface area contributed by atoms with Gasteiger partial charge in [0.15, 0.2) is 0 Å². The van der Waals surface area contributed by atoms with E-state index in [1.165, 1.54) is 51.4 Å². The van der Waals surface area contributed by atoms with E-state index in [1.807, 2.05) is 0 Å². The van der Waals surface area contributed by atoms with Crippen LogP contribution in [0.1, 0.15) is 103 Å². The molecule has 0 saturated heterocycles. The van der Waals surface area contributed by atoms with Gasteiger partial charge >= 0.3 is 0 Å². The minimum Gasteiger partial charge on any atom is -0.356 e. The smallest absolute Gasteiger partial charge is 0.223 e. The van der Waals surface area contributed by atoms with Crippen LogP contribution >= 0.6 is 0 Å². The molecule has 2 saturated carbocycles. The van der Waals surface area contributed by atoms with Crippen molar-refractivity contribution in [1.82, 2.24) is 5.32 Å². The van der Waals surface area contributed by atoms with Gasteiger partial charge < -0.3 is 5.32 Å². The topological polar surface area (TPSA) is 46.2 Å². The molecular formula is C21H37NO2. The summed E-state index contributed by atoms with van der Waals surface area (Å²) < 4.78 is 0. The van der Waals surface area contributed by atoms with Crippen molar-refractivity contribution < 1.29 is 9.59 Å². The van der Waals surface area contributed by atoms with Gasteiger partial charge in [-0.1, -0.05) is 57.8 Å². The molecule has 2 fully saturated rings. The quantitative estimate of drug-likeness (QED) is 0.560. The second kappa shape index (κ2) is 11.7. The van der Waals surface area contributed by atoms with Gasteiger partial charge in [0.1, 0.15) is 5.78 Å². The van der Waals surface area contributed by atoms with Crippen molar-refractivity contribution in [2.75, 3.05) is 6.54 Å². The van der Waals surface area contributed by atoms with Crippen LogP contribution in [0, 0.1) is 11.8 Å². The largest absolute Gasteiger partial charge is 0.356 e. The highest BCUT2D eigenvalue weighted by atomic mass is 16.1. The number of amides is 1. The van der Waals surface area contributed by atoms with E-state index in [-0.39, 0.29) is 11.8 Å². The molecule has 0 aromatic heterocycles. The van der Waals surface area contributed by atoms with Gasteiger partial charge in [0.25, 0.3) is 0 Å². The lowest BCUT2D eigenvalue weighted by molar-refractivity contribution is -0.126. The van der Waals surface area contributed by atoms with Gasteiger partial charge in [-0.25, -0.2) is 0 Å². The number of hydrogen-bond donors (Lipinski definition) is 1. The third kappa shape index (κ3) is 7.36. The molecule has 0 aliphatic heterocycles. The van der Waals surface area contributed by atoms with E-state index in [9.17, 15) is 9.59 Å². The Hall–Kier alpha value is -0.860. The summed E-state index contributed by atoms with van der Waals surface area (Å²) in [6, 6.07) is 0. The van der Waals surface area contributed by atoms with Gasteiger partial charge in [-0.3, -0.25) is 9.59 Å². The second-order valence-electron chi connectivity index (χ2n) is 7.94. The van der Waals surface area contributed by atoms with E-state index >= 15 is 0 Å². The molecule has 0 spiro atoms. The van der Waals surface area contributed by atoms with Crippen LogP contribution in [0.25, 0.3) is 0 Å². The van der Waals surface area contributed by atoms with Crippen molar-refractivity contribution in [1.29, 1.82) is 0 Å². The molecule has 3 nitrogen and oxygen atoms in total. The molecule has 2 aliphatic carbocycles. The van der Waals surface area contributed by atoms with Gasteiger partial charge in [0.05, 0.1) is 0 Å². The van der Waals surface area contributed by atoms with E-state index in [0.717, 1.165) is 57.9 Å². The maximum Gasteiger partial charge on any atom is 0.223 e. The molecule has 0 atom stereocenters. The lowest BCUT2D eigenvalue weighted by atomic mass is 9.84. The Morgan fingerprint density at radius 1 is 0.667 bits per heavy atom. The fourth-order valence-electron chi connectivity index (χ4n) is 4.30. The van der Waals surface area contributed by atoms with Crippen molar-refractivity contribution in [2.45, 2.75) is 103 Å². The van der Waals surface area contributed by atoms with Crippen molar-refractivity contribution in [3.63, 3.8) is 0 Å². The van der Waals surface area contributed by atoms with Gasteiger partial charge in [0, 0.05) is 24.8 Å². The molecule has 0 radical (unpaired) electrons. The summed E-state index contributed by atoms with van der Waals surface area (Å²) in [7, 11) is 0. The molecule has 2 rings (SSSR count). The zero-order chi connectivity index (χ0) is 17.0. The number of Topliss-reactive ketones (excluding diaryl/α,β-unsaturated/α-hetero) is 1. The lowest BCUT2D eigenvalue weighted by Crippen LogP contribution is -2.32. The minimum absolute atomic E-state index is 0.282. The average Bonchev–Trinajstić information content (AvgIpc) is 2.65. The van der Waals surface area contributed by atoms with Gasteiger partial charge in [0.2, 0.25) is 5.91 Å². The predicted octanol–water partition coefficient (Wildman–Crippen LogP) is 5.17. The summed E-state index contributed by atoms with van der Waals surface area (Å²) in [5.74, 6) is 1.47. The average molecular weight is 336 g/mol. The monoisotopic (exact) mass is 335 g/mol. The Labute approximate surface area is 148 Å². The first-order valence-corrected chi connectivity index (χ1v) is 10.6. The van der Waals surface area contributed by atoms with Crippen LogP contribution in [0.5, 0.6) is 0 Å². The number of rotatable bonds is 10. The molecule has 0 aromatic carbocycles. The summed E-state index contributed by atoms with van der Waals surface area (Å²) in [5, 5.41) is 3.11. The summed E-state index contributed by atoms with van der Waals surface area (Å²) in [4.78, 5) is 24.1. The second-order valence-corrected chi connectivity index (χ2v) is 7.94. The first-order valence-electron chi connectivity index (χ1n) is 10.6. The highest BCUT2D eigenvalue weighted by Gasteiger charge is 2.21. The Kier molecular flexibility index (Phi) is 9.45. The van der Waals surface area contributed by atoms with E-state index in [0.29, 0.717) is 11.7 Å². The molecule has 0 heterocycles. The van der Waals surface area contributed by atoms with Gasteiger partial charge in [-0.15, -0.1) is 0 Å². The van der Waals surface area contributed by atoms with Crippen LogP contribution in [0.3, 0.4) is 0 Å². The summed E-state index contributed by atoms with van der Waals surface area (Å²) in [6.45, 7) is 0.830. The predicted molar refractivity (Wildman–Crippen MR) is 98.9 cm³/mol. The fraction of sp³-hybridized carbons (Fsp3) is 0.905. The molecule has 0 unspecified atom stereocenters. The first-order chi connectivity index (χ1) is 11.8. The number of nitrogens with one attached hydrogen (secondary N) is 1. The summed E-state index contributed by atoms with van der Waals surface area (Å²) >= 11 is 0. The normalized spacial score (nSPS) is 20.0. The van der Waals surface area contributed by atoms with Crippen LogP contribution in [-0.2, 0) is 9.59 Å². The Bertz CT molecular complexity index is 332. The maximum atomic E-state index is 12.1. The third-order valence-electron chi connectivity index (χ3n) is 5.94. The zero-order valence-electron chi connectivity index (χ0n) is 15.5. The van der Waals surface area contributed by atoms with Crippen molar-refractivity contribution >= 4 is 11.7 Å². The Balaban J connectivity index is 1.40. The molecule has 138 valence electrons. The van der Waals surface area contributed by atoms with Crippen LogP contribution in [-0.4, -0.2) is 18.2 Å². The third-order valence-corrected chi connectivity index (χ3v) is 5.94. The molecule has 3 heteroatoms. The van der Waals surface area contributed by atoms with Crippen LogP contribution in [0.15, 0.2) is 0 Å². The number of hydrogen-bond acceptors (Lipinski definition) is 2. The summed E-state index contributed by atoms with van der Waals surface area (Å²) in [6.07, 6.45) is 18.5. The first kappa shape index (κ1) is 19.5. The van der Waals surface area contributed by atoms with E-state index in [1.54, 1.807) is 0 Å². The SMILES string of the molecule is O=C(CCCCCCCNC(=O)C1CCCCC1)C1CCCCC1. The standard InChI is InChI=1S/C21H37NO2/c23-20(18-12-6-4-7-13-18)16-10-2-1-3-11-17-22-21(24)19-14-8-5-9-15-19/h18-19H,1-17H2,(H,22,24). The highest BCUT2D eigenvalue weighted by molar-refractivity contribution is 5.81. The molecular weight excluding hydrogens is 298 g/mol.